The zero-order valence-electron chi connectivity index (χ0n) is 17.4. The molecule has 0 saturated carbocycles. The van der Waals surface area contributed by atoms with Gasteiger partial charge in [0, 0.05) is 50.7 Å². The number of hydrogen-bond acceptors (Lipinski definition) is 6. The zero-order chi connectivity index (χ0) is 21.4. The molecule has 2 heterocycles. The third-order valence-corrected chi connectivity index (χ3v) is 7.01. The summed E-state index contributed by atoms with van der Waals surface area (Å²) in [5.41, 5.74) is 1.50. The summed E-state index contributed by atoms with van der Waals surface area (Å²) in [4.78, 5) is 21.6. The van der Waals surface area contributed by atoms with Crippen molar-refractivity contribution in [3.63, 3.8) is 0 Å². The Bertz CT molecular complexity index is 911. The first-order valence-corrected chi connectivity index (χ1v) is 12.0. The van der Waals surface area contributed by atoms with Crippen LogP contribution in [0.25, 0.3) is 0 Å². The highest BCUT2D eigenvalue weighted by atomic mass is 32.2. The van der Waals surface area contributed by atoms with Crippen LogP contribution in [0.4, 0.5) is 0 Å². The van der Waals surface area contributed by atoms with Crippen molar-refractivity contribution in [1.82, 2.24) is 14.8 Å². The smallest absolute Gasteiger partial charge is 0.254 e. The maximum absolute atomic E-state index is 13.2. The lowest BCUT2D eigenvalue weighted by Gasteiger charge is -2.28. The number of carbonyl (C=O) groups is 1. The first-order chi connectivity index (χ1) is 14.5. The van der Waals surface area contributed by atoms with Crippen molar-refractivity contribution in [2.24, 2.45) is 0 Å². The molecule has 1 aromatic carbocycles. The molecule has 0 bridgehead atoms. The number of benzene rings is 1. The minimum Gasteiger partial charge on any atom is -0.379 e. The molecular formula is C22H29N3O4S. The second-order valence-electron chi connectivity index (χ2n) is 7.32. The molecule has 1 aliphatic heterocycles. The second-order valence-corrected chi connectivity index (χ2v) is 9.60. The molecule has 1 amide bonds. The Morgan fingerprint density at radius 2 is 1.77 bits per heavy atom. The molecule has 7 nitrogen and oxygen atoms in total. The Morgan fingerprint density at radius 3 is 2.40 bits per heavy atom. The monoisotopic (exact) mass is 431 g/mol. The fraction of sp³-hybridized carbons (Fsp3) is 0.455. The van der Waals surface area contributed by atoms with Gasteiger partial charge < -0.3 is 9.64 Å². The summed E-state index contributed by atoms with van der Waals surface area (Å²) in [6.07, 6.45) is 4.30. The van der Waals surface area contributed by atoms with Crippen molar-refractivity contribution < 1.29 is 17.9 Å². The summed E-state index contributed by atoms with van der Waals surface area (Å²) in [6, 6.07) is 10.0. The lowest BCUT2D eigenvalue weighted by molar-refractivity contribution is 0.0355. The van der Waals surface area contributed by atoms with Crippen molar-refractivity contribution >= 4 is 15.7 Å². The largest absolute Gasteiger partial charge is 0.379 e. The van der Waals surface area contributed by atoms with Crippen molar-refractivity contribution in [3.05, 3.63) is 59.9 Å². The number of nitrogens with zero attached hydrogens (tertiary/aromatic N) is 3. The van der Waals surface area contributed by atoms with Crippen molar-refractivity contribution in [2.45, 2.75) is 24.8 Å². The third kappa shape index (κ3) is 6.10. The highest BCUT2D eigenvalue weighted by Gasteiger charge is 2.19. The molecule has 0 unspecified atom stereocenters. The van der Waals surface area contributed by atoms with E-state index in [1.54, 1.807) is 31.5 Å². The summed E-state index contributed by atoms with van der Waals surface area (Å²) in [6.45, 7) is 6.99. The Hall–Kier alpha value is -2.29. The van der Waals surface area contributed by atoms with Crippen molar-refractivity contribution in [1.29, 1.82) is 0 Å². The number of aromatic nitrogens is 1. The van der Waals surface area contributed by atoms with Crippen LogP contribution in [0, 0.1) is 0 Å². The van der Waals surface area contributed by atoms with Gasteiger partial charge >= 0.3 is 0 Å². The van der Waals surface area contributed by atoms with Crippen LogP contribution in [0.15, 0.2) is 53.7 Å². The summed E-state index contributed by atoms with van der Waals surface area (Å²) in [5, 5.41) is 0. The predicted octanol–water partition coefficient (Wildman–Crippen LogP) is 2.24. The fourth-order valence-electron chi connectivity index (χ4n) is 3.43. The minimum atomic E-state index is -3.28. The summed E-state index contributed by atoms with van der Waals surface area (Å²) < 4.78 is 29.5. The standard InChI is InChI=1S/C22H29N3O4S/c1-2-30(27,28)21-6-4-20(5-7-21)22(26)25(18-19-8-10-23-11-9-19)13-3-12-24-14-16-29-17-15-24/h4-11H,2-3,12-18H2,1H3. The summed E-state index contributed by atoms with van der Waals surface area (Å²) >= 11 is 0. The molecule has 0 atom stereocenters. The van der Waals surface area contributed by atoms with Gasteiger partial charge in [0.2, 0.25) is 0 Å². The number of carbonyl (C=O) groups excluding carboxylic acids is 1. The normalized spacial score (nSPS) is 15.1. The van der Waals surface area contributed by atoms with E-state index in [1.807, 2.05) is 17.0 Å². The molecule has 0 radical (unpaired) electrons. The van der Waals surface area contributed by atoms with E-state index in [-0.39, 0.29) is 16.6 Å². The Morgan fingerprint density at radius 1 is 1.10 bits per heavy atom. The quantitative estimate of drug-likeness (QED) is 0.606. The number of sulfone groups is 1. The Labute approximate surface area is 178 Å². The van der Waals surface area contributed by atoms with E-state index in [4.69, 9.17) is 4.74 Å². The van der Waals surface area contributed by atoms with Crippen molar-refractivity contribution in [2.75, 3.05) is 45.1 Å². The van der Waals surface area contributed by atoms with Gasteiger partial charge in [-0.1, -0.05) is 6.92 Å². The molecule has 1 aromatic heterocycles. The Kier molecular flexibility index (Phi) is 7.95. The van der Waals surface area contributed by atoms with E-state index in [1.165, 1.54) is 12.1 Å². The first-order valence-electron chi connectivity index (χ1n) is 10.3. The van der Waals surface area contributed by atoms with Gasteiger partial charge in [0.1, 0.15) is 0 Å². The lowest BCUT2D eigenvalue weighted by atomic mass is 10.1. The number of ether oxygens (including phenoxy) is 1. The van der Waals surface area contributed by atoms with Crippen LogP contribution >= 0.6 is 0 Å². The number of rotatable bonds is 9. The van der Waals surface area contributed by atoms with E-state index in [2.05, 4.69) is 9.88 Å². The highest BCUT2D eigenvalue weighted by molar-refractivity contribution is 7.91. The topological polar surface area (TPSA) is 79.8 Å². The minimum absolute atomic E-state index is 0.0377. The van der Waals surface area contributed by atoms with Crippen LogP contribution in [-0.4, -0.2) is 74.3 Å². The molecule has 3 rings (SSSR count). The van der Waals surface area contributed by atoms with Gasteiger partial charge in [-0.15, -0.1) is 0 Å². The molecule has 2 aromatic rings. The molecular weight excluding hydrogens is 402 g/mol. The van der Waals surface area contributed by atoms with E-state index in [0.717, 1.165) is 44.8 Å². The number of amides is 1. The third-order valence-electron chi connectivity index (χ3n) is 5.26. The molecule has 0 N–H and O–H groups in total. The lowest BCUT2D eigenvalue weighted by Crippen LogP contribution is -2.39. The van der Waals surface area contributed by atoms with Gasteiger partial charge in [0.05, 0.1) is 23.9 Å². The molecule has 30 heavy (non-hydrogen) atoms. The van der Waals surface area contributed by atoms with Crippen LogP contribution in [0.5, 0.6) is 0 Å². The first kappa shape index (κ1) is 22.4. The van der Waals surface area contributed by atoms with E-state index in [0.29, 0.717) is 18.7 Å². The van der Waals surface area contributed by atoms with Crippen LogP contribution in [0.1, 0.15) is 29.3 Å². The van der Waals surface area contributed by atoms with Crippen LogP contribution < -0.4 is 0 Å². The van der Waals surface area contributed by atoms with Gasteiger partial charge in [-0.2, -0.15) is 0 Å². The fourth-order valence-corrected chi connectivity index (χ4v) is 4.31. The highest BCUT2D eigenvalue weighted by Crippen LogP contribution is 2.16. The number of hydrogen-bond donors (Lipinski definition) is 0. The van der Waals surface area contributed by atoms with Crippen LogP contribution in [0.3, 0.4) is 0 Å². The molecule has 1 aliphatic rings. The zero-order valence-corrected chi connectivity index (χ0v) is 18.2. The van der Waals surface area contributed by atoms with Gasteiger partial charge in [-0.05, 0) is 48.4 Å². The van der Waals surface area contributed by atoms with Crippen LogP contribution in [-0.2, 0) is 21.1 Å². The molecule has 162 valence electrons. The Balaban J connectivity index is 1.70. The summed E-state index contributed by atoms with van der Waals surface area (Å²) in [7, 11) is -3.28. The second kappa shape index (κ2) is 10.7. The van der Waals surface area contributed by atoms with E-state index >= 15 is 0 Å². The van der Waals surface area contributed by atoms with E-state index in [9.17, 15) is 13.2 Å². The molecule has 0 spiro atoms. The molecule has 0 aliphatic carbocycles. The van der Waals surface area contributed by atoms with Gasteiger partial charge in [-0.3, -0.25) is 14.7 Å². The van der Waals surface area contributed by atoms with Crippen molar-refractivity contribution in [3.8, 4) is 0 Å². The maximum atomic E-state index is 13.2. The average Bonchev–Trinajstić information content (AvgIpc) is 2.79. The number of morpholine rings is 1. The molecule has 1 saturated heterocycles. The molecule has 8 heteroatoms. The maximum Gasteiger partial charge on any atom is 0.254 e. The van der Waals surface area contributed by atoms with E-state index < -0.39 is 9.84 Å². The van der Waals surface area contributed by atoms with Gasteiger partial charge in [0.15, 0.2) is 9.84 Å². The van der Waals surface area contributed by atoms with Gasteiger partial charge in [0.25, 0.3) is 5.91 Å². The number of pyridine rings is 1. The summed E-state index contributed by atoms with van der Waals surface area (Å²) in [5.74, 6) is -0.0649. The molecule has 1 fully saturated rings. The van der Waals surface area contributed by atoms with Gasteiger partial charge in [-0.25, -0.2) is 8.42 Å². The predicted molar refractivity (Wildman–Crippen MR) is 115 cm³/mol. The SMILES string of the molecule is CCS(=O)(=O)c1ccc(C(=O)N(CCCN2CCOCC2)Cc2ccncc2)cc1. The van der Waals surface area contributed by atoms with Crippen LogP contribution in [0.2, 0.25) is 0 Å². The average molecular weight is 432 g/mol.